The Kier molecular flexibility index (Phi) is 15.5. The van der Waals surface area contributed by atoms with Crippen LogP contribution in [-0.2, 0) is 52.4 Å². The third-order valence-electron chi connectivity index (χ3n) is 7.98. The van der Waals surface area contributed by atoms with Crippen molar-refractivity contribution in [3.05, 3.63) is 52.1 Å². The zero-order chi connectivity index (χ0) is 41.4. The topological polar surface area (TPSA) is 196 Å². The highest BCUT2D eigenvalue weighted by Gasteiger charge is 2.55. The Balaban J connectivity index is 2.85. The highest BCUT2D eigenvalue weighted by atomic mass is 16.7. The lowest BCUT2D eigenvalue weighted by Gasteiger charge is -2.47. The van der Waals surface area contributed by atoms with Gasteiger partial charge in [-0.2, -0.15) is 0 Å². The van der Waals surface area contributed by atoms with E-state index in [4.69, 9.17) is 28.4 Å². The predicted octanol–water partition coefficient (Wildman–Crippen LogP) is 5.92. The Hall–Kier alpha value is -4.37. The fraction of sp³-hybridized carbons (Fsp3) is 0.667. The van der Waals surface area contributed by atoms with Gasteiger partial charge in [0.1, 0.15) is 12.7 Å². The van der Waals surface area contributed by atoms with Gasteiger partial charge in [0, 0.05) is 24.3 Å². The Morgan fingerprint density at radius 2 is 1.20 bits per heavy atom. The number of nitro groups is 1. The minimum atomic E-state index is -1.49. The normalized spacial score (nSPS) is 21.5. The molecular weight excluding hydrogens is 704 g/mol. The zero-order valence-corrected chi connectivity index (χ0v) is 33.8. The van der Waals surface area contributed by atoms with Crippen LogP contribution in [0.5, 0.6) is 0 Å². The third-order valence-corrected chi connectivity index (χ3v) is 7.98. The smallest absolute Gasteiger partial charge is 0.330 e. The van der Waals surface area contributed by atoms with Crippen molar-refractivity contribution in [2.24, 2.45) is 21.7 Å². The van der Waals surface area contributed by atoms with E-state index in [-0.39, 0.29) is 18.7 Å². The molecule has 54 heavy (non-hydrogen) atoms. The summed E-state index contributed by atoms with van der Waals surface area (Å²) in [5.41, 5.74) is -3.72. The molecule has 1 aliphatic heterocycles. The summed E-state index contributed by atoms with van der Waals surface area (Å²) in [6.07, 6.45) is -4.15. The lowest BCUT2D eigenvalue weighted by Crippen LogP contribution is -2.66. The maximum atomic E-state index is 13.6. The van der Waals surface area contributed by atoms with Crippen molar-refractivity contribution in [1.82, 2.24) is 5.32 Å². The van der Waals surface area contributed by atoms with Crippen LogP contribution in [0.4, 0.5) is 5.69 Å². The van der Waals surface area contributed by atoms with Crippen LogP contribution in [0.3, 0.4) is 0 Å². The Morgan fingerprint density at radius 3 is 1.65 bits per heavy atom. The van der Waals surface area contributed by atoms with Gasteiger partial charge in [-0.3, -0.25) is 34.6 Å². The monoisotopic (exact) mass is 762 g/mol. The third kappa shape index (κ3) is 13.5. The van der Waals surface area contributed by atoms with Gasteiger partial charge in [-0.25, -0.2) is 4.79 Å². The Bertz CT molecular complexity index is 1530. The molecule has 0 saturated carbocycles. The van der Waals surface area contributed by atoms with E-state index in [1.807, 2.05) is 0 Å². The SMILES string of the molecule is CCOC(=O)/C=C/C[C@H](N[C@@H]1O[C@H](COC(=O)C(C)(C)C)[C@H](OC(=O)C(C)(C)C)[C@H](OC(=O)C(C)(C)C)[C@H]1OC(=O)C(C)(C)C)c1ccc([N+](=O)[O-])cc1. The number of carbonyl (C=O) groups is 5. The van der Waals surface area contributed by atoms with Gasteiger partial charge in [0.05, 0.1) is 33.2 Å². The van der Waals surface area contributed by atoms with Crippen molar-refractivity contribution >= 4 is 35.5 Å². The molecule has 1 heterocycles. The molecule has 0 amide bonds. The van der Waals surface area contributed by atoms with Crippen LogP contribution in [0.15, 0.2) is 36.4 Å². The van der Waals surface area contributed by atoms with Crippen LogP contribution < -0.4 is 5.32 Å². The minimum Gasteiger partial charge on any atom is -0.463 e. The number of nitrogens with zero attached hydrogens (tertiary/aromatic N) is 1. The van der Waals surface area contributed by atoms with Gasteiger partial charge in [-0.05, 0) is 102 Å². The second-order valence-corrected chi connectivity index (χ2v) is 17.3. The largest absolute Gasteiger partial charge is 0.463 e. The summed E-state index contributed by atoms with van der Waals surface area (Å²) in [5, 5.41) is 14.7. The van der Waals surface area contributed by atoms with Gasteiger partial charge in [-0.15, -0.1) is 0 Å². The summed E-state index contributed by atoms with van der Waals surface area (Å²) in [7, 11) is 0. The molecule has 1 aromatic rings. The number of nitro benzene ring substituents is 1. The fourth-order valence-electron chi connectivity index (χ4n) is 4.68. The molecule has 0 aromatic heterocycles. The quantitative estimate of drug-likeness (QED) is 0.0817. The lowest BCUT2D eigenvalue weighted by molar-refractivity contribution is -0.384. The summed E-state index contributed by atoms with van der Waals surface area (Å²) in [4.78, 5) is 76.8. The minimum absolute atomic E-state index is 0.0922. The molecule has 1 aliphatic rings. The second-order valence-electron chi connectivity index (χ2n) is 17.3. The maximum absolute atomic E-state index is 13.6. The van der Waals surface area contributed by atoms with E-state index in [1.165, 1.54) is 36.4 Å². The molecule has 15 nitrogen and oxygen atoms in total. The van der Waals surface area contributed by atoms with Crippen LogP contribution in [0.2, 0.25) is 0 Å². The first-order chi connectivity index (χ1) is 24.7. The lowest BCUT2D eigenvalue weighted by atomic mass is 9.92. The second kappa shape index (κ2) is 18.3. The van der Waals surface area contributed by atoms with Crippen LogP contribution in [0, 0.1) is 31.8 Å². The number of rotatable bonds is 13. The van der Waals surface area contributed by atoms with Crippen molar-refractivity contribution in [2.45, 2.75) is 133 Å². The molecule has 0 unspecified atom stereocenters. The number of esters is 5. The molecule has 302 valence electrons. The van der Waals surface area contributed by atoms with Crippen molar-refractivity contribution in [3.63, 3.8) is 0 Å². The molecule has 0 aliphatic carbocycles. The van der Waals surface area contributed by atoms with E-state index in [9.17, 15) is 34.1 Å². The summed E-state index contributed by atoms with van der Waals surface area (Å²) in [5.74, 6) is -3.29. The standard InChI is InChI=1S/C39H58N2O13/c1-14-49-27(42)17-15-16-25(23-18-20-24(21-19-23)41(47)48)40-31-30(54-35(46)39(11,12)13)29(53-34(45)38(8,9)10)28(52-33(44)37(5,6)7)26(51-31)22-50-32(43)36(2,3)4/h15,17-21,25-26,28-31,40H,14,16,22H2,1-13H3/b17-15+/t25-,26+,28-,29-,30+,31+/m0/s1. The highest BCUT2D eigenvalue weighted by molar-refractivity contribution is 5.82. The number of non-ortho nitro benzene ring substituents is 1. The van der Waals surface area contributed by atoms with Gasteiger partial charge in [0.25, 0.3) is 5.69 Å². The molecular formula is C39H58N2O13. The molecule has 2 rings (SSSR count). The van der Waals surface area contributed by atoms with Gasteiger partial charge >= 0.3 is 29.8 Å². The van der Waals surface area contributed by atoms with E-state index >= 15 is 0 Å². The molecule has 6 atom stereocenters. The van der Waals surface area contributed by atoms with Crippen LogP contribution in [0.25, 0.3) is 0 Å². The van der Waals surface area contributed by atoms with E-state index < -0.39 is 99.7 Å². The summed E-state index contributed by atoms with van der Waals surface area (Å²) >= 11 is 0. The van der Waals surface area contributed by atoms with Gasteiger partial charge in [0.2, 0.25) is 0 Å². The molecule has 1 fully saturated rings. The predicted molar refractivity (Wildman–Crippen MR) is 196 cm³/mol. The average molecular weight is 763 g/mol. The Labute approximate surface area is 317 Å². The van der Waals surface area contributed by atoms with Crippen molar-refractivity contribution in [1.29, 1.82) is 0 Å². The first-order valence-corrected chi connectivity index (χ1v) is 18.0. The zero-order valence-electron chi connectivity index (χ0n) is 33.8. The molecule has 1 saturated heterocycles. The number of ether oxygens (including phenoxy) is 6. The van der Waals surface area contributed by atoms with Crippen LogP contribution >= 0.6 is 0 Å². The van der Waals surface area contributed by atoms with Gasteiger partial charge < -0.3 is 28.4 Å². The highest BCUT2D eigenvalue weighted by Crippen LogP contribution is 2.35. The Morgan fingerprint density at radius 1 is 0.741 bits per heavy atom. The van der Waals surface area contributed by atoms with E-state index in [0.29, 0.717) is 5.56 Å². The van der Waals surface area contributed by atoms with E-state index in [1.54, 1.807) is 90.0 Å². The van der Waals surface area contributed by atoms with Gasteiger partial charge in [0.15, 0.2) is 24.5 Å². The molecule has 0 radical (unpaired) electrons. The average Bonchev–Trinajstić information content (AvgIpc) is 3.03. The molecule has 15 heteroatoms. The van der Waals surface area contributed by atoms with E-state index in [0.717, 1.165) is 0 Å². The van der Waals surface area contributed by atoms with Crippen molar-refractivity contribution < 1.29 is 57.3 Å². The summed E-state index contributed by atoms with van der Waals surface area (Å²) in [6, 6.07) is 4.87. The van der Waals surface area contributed by atoms with Gasteiger partial charge in [-0.1, -0.05) is 18.2 Å². The first kappa shape index (κ1) is 45.8. The molecule has 0 spiro atoms. The van der Waals surface area contributed by atoms with Crippen LogP contribution in [0.1, 0.15) is 108 Å². The summed E-state index contributed by atoms with van der Waals surface area (Å²) < 4.78 is 35.4. The number of hydrogen-bond donors (Lipinski definition) is 1. The van der Waals surface area contributed by atoms with Crippen molar-refractivity contribution in [2.75, 3.05) is 13.2 Å². The summed E-state index contributed by atoms with van der Waals surface area (Å²) in [6.45, 7) is 21.0. The fourth-order valence-corrected chi connectivity index (χ4v) is 4.68. The number of benzene rings is 1. The first-order valence-electron chi connectivity index (χ1n) is 18.0. The molecule has 1 N–H and O–H groups in total. The molecule has 0 bridgehead atoms. The maximum Gasteiger partial charge on any atom is 0.330 e. The molecule has 1 aromatic carbocycles. The van der Waals surface area contributed by atoms with E-state index in [2.05, 4.69) is 5.32 Å². The number of nitrogens with one attached hydrogen (secondary N) is 1. The number of hydrogen-bond acceptors (Lipinski definition) is 14. The van der Waals surface area contributed by atoms with Crippen molar-refractivity contribution in [3.8, 4) is 0 Å². The van der Waals surface area contributed by atoms with Crippen LogP contribution in [-0.4, -0.2) is 78.6 Å². The number of carbonyl (C=O) groups excluding carboxylic acids is 5.